The SMILES string of the molecule is CCCS(=O)(=O)Nc1cccc2c(OCN)c(C)ccc12. The molecule has 0 aliphatic heterocycles. The summed E-state index contributed by atoms with van der Waals surface area (Å²) in [6.45, 7) is 3.84. The summed E-state index contributed by atoms with van der Waals surface area (Å²) in [5.41, 5.74) is 6.98. The van der Waals surface area contributed by atoms with Gasteiger partial charge in [-0.15, -0.1) is 0 Å². The predicted molar refractivity (Wildman–Crippen MR) is 86.1 cm³/mol. The number of nitrogens with two attached hydrogens (primary N) is 1. The molecule has 0 heterocycles. The highest BCUT2D eigenvalue weighted by atomic mass is 32.2. The van der Waals surface area contributed by atoms with Crippen LogP contribution in [0.5, 0.6) is 5.75 Å². The van der Waals surface area contributed by atoms with E-state index in [1.165, 1.54) is 0 Å². The Morgan fingerprint density at radius 1 is 1.19 bits per heavy atom. The van der Waals surface area contributed by atoms with Gasteiger partial charge in [0.1, 0.15) is 12.5 Å². The molecule has 21 heavy (non-hydrogen) atoms. The van der Waals surface area contributed by atoms with Crippen molar-refractivity contribution in [1.29, 1.82) is 0 Å². The number of nitrogens with one attached hydrogen (secondary N) is 1. The Morgan fingerprint density at radius 2 is 1.95 bits per heavy atom. The highest BCUT2D eigenvalue weighted by molar-refractivity contribution is 7.92. The molecule has 0 atom stereocenters. The summed E-state index contributed by atoms with van der Waals surface area (Å²) in [5, 5.41) is 1.64. The van der Waals surface area contributed by atoms with Crippen molar-refractivity contribution in [2.75, 3.05) is 17.2 Å². The van der Waals surface area contributed by atoms with E-state index in [0.29, 0.717) is 17.9 Å². The van der Waals surface area contributed by atoms with E-state index in [9.17, 15) is 8.42 Å². The van der Waals surface area contributed by atoms with Crippen molar-refractivity contribution in [3.8, 4) is 5.75 Å². The Balaban J connectivity index is 2.54. The van der Waals surface area contributed by atoms with Crippen molar-refractivity contribution in [1.82, 2.24) is 0 Å². The fraction of sp³-hybridized carbons (Fsp3) is 0.333. The molecule has 0 saturated carbocycles. The Kier molecular flexibility index (Phi) is 4.69. The van der Waals surface area contributed by atoms with E-state index in [1.807, 2.05) is 32.0 Å². The molecule has 3 N–H and O–H groups in total. The molecule has 0 aliphatic rings. The van der Waals surface area contributed by atoms with Crippen LogP contribution in [0.4, 0.5) is 5.69 Å². The first-order chi connectivity index (χ1) is 9.98. The van der Waals surface area contributed by atoms with Crippen LogP contribution in [0.1, 0.15) is 18.9 Å². The van der Waals surface area contributed by atoms with Gasteiger partial charge < -0.3 is 4.74 Å². The number of benzene rings is 2. The molecule has 2 rings (SSSR count). The van der Waals surface area contributed by atoms with Gasteiger partial charge in [-0.2, -0.15) is 0 Å². The lowest BCUT2D eigenvalue weighted by Crippen LogP contribution is -2.16. The van der Waals surface area contributed by atoms with Crippen molar-refractivity contribution in [2.24, 2.45) is 5.73 Å². The van der Waals surface area contributed by atoms with Gasteiger partial charge in [0.2, 0.25) is 10.0 Å². The van der Waals surface area contributed by atoms with Crippen LogP contribution in [0.2, 0.25) is 0 Å². The van der Waals surface area contributed by atoms with Gasteiger partial charge in [0.15, 0.2) is 0 Å². The molecule has 5 nitrogen and oxygen atoms in total. The molecule has 0 unspecified atom stereocenters. The highest BCUT2D eigenvalue weighted by Gasteiger charge is 2.13. The lowest BCUT2D eigenvalue weighted by Gasteiger charge is -2.14. The predicted octanol–water partition coefficient (Wildman–Crippen LogP) is 2.59. The Hall–Kier alpha value is -1.79. The summed E-state index contributed by atoms with van der Waals surface area (Å²) in [5.74, 6) is 0.785. The van der Waals surface area contributed by atoms with Crippen molar-refractivity contribution < 1.29 is 13.2 Å². The number of anilines is 1. The molecule has 114 valence electrons. The van der Waals surface area contributed by atoms with E-state index < -0.39 is 10.0 Å². The number of sulfonamides is 1. The summed E-state index contributed by atoms with van der Waals surface area (Å²) in [7, 11) is -3.33. The molecule has 0 spiro atoms. The van der Waals surface area contributed by atoms with Crippen LogP contribution in [0.15, 0.2) is 30.3 Å². The van der Waals surface area contributed by atoms with Crippen LogP contribution >= 0.6 is 0 Å². The fourth-order valence-electron chi connectivity index (χ4n) is 2.29. The van der Waals surface area contributed by atoms with Gasteiger partial charge >= 0.3 is 0 Å². The van der Waals surface area contributed by atoms with Gasteiger partial charge in [-0.25, -0.2) is 8.42 Å². The van der Waals surface area contributed by atoms with Crippen LogP contribution in [-0.4, -0.2) is 20.9 Å². The van der Waals surface area contributed by atoms with Crippen molar-refractivity contribution in [3.05, 3.63) is 35.9 Å². The van der Waals surface area contributed by atoms with Crippen LogP contribution in [0, 0.1) is 6.92 Å². The zero-order valence-electron chi connectivity index (χ0n) is 12.2. The molecule has 6 heteroatoms. The van der Waals surface area contributed by atoms with E-state index in [-0.39, 0.29) is 12.5 Å². The second-order valence-corrected chi connectivity index (χ2v) is 6.69. The molecular weight excluding hydrogens is 288 g/mol. The number of aryl methyl sites for hydroxylation is 1. The van der Waals surface area contributed by atoms with Crippen LogP contribution in [-0.2, 0) is 10.0 Å². The van der Waals surface area contributed by atoms with Gasteiger partial charge in [-0.1, -0.05) is 31.2 Å². The second-order valence-electron chi connectivity index (χ2n) is 4.84. The zero-order valence-corrected chi connectivity index (χ0v) is 13.0. The average molecular weight is 308 g/mol. The Morgan fingerprint density at radius 3 is 2.62 bits per heavy atom. The molecule has 0 aromatic heterocycles. The normalized spacial score (nSPS) is 11.6. The van der Waals surface area contributed by atoms with E-state index in [4.69, 9.17) is 10.5 Å². The molecule has 0 aliphatic carbocycles. The number of fused-ring (bicyclic) bond motifs is 1. The molecule has 0 radical (unpaired) electrons. The molecule has 2 aromatic rings. The summed E-state index contributed by atoms with van der Waals surface area (Å²) in [4.78, 5) is 0. The minimum atomic E-state index is -3.33. The number of hydrogen-bond acceptors (Lipinski definition) is 4. The number of rotatable bonds is 6. The number of ether oxygens (including phenoxy) is 1. The maximum absolute atomic E-state index is 12.0. The topological polar surface area (TPSA) is 81.4 Å². The van der Waals surface area contributed by atoms with Crippen molar-refractivity contribution >= 4 is 26.5 Å². The van der Waals surface area contributed by atoms with Crippen LogP contribution in [0.3, 0.4) is 0 Å². The Labute approximate surface area is 125 Å². The van der Waals surface area contributed by atoms with Crippen molar-refractivity contribution in [3.63, 3.8) is 0 Å². The maximum Gasteiger partial charge on any atom is 0.232 e. The van der Waals surface area contributed by atoms with E-state index in [2.05, 4.69) is 4.72 Å². The zero-order chi connectivity index (χ0) is 15.5. The average Bonchev–Trinajstić information content (AvgIpc) is 2.42. The highest BCUT2D eigenvalue weighted by Crippen LogP contribution is 2.33. The first-order valence-corrected chi connectivity index (χ1v) is 8.49. The molecule has 0 amide bonds. The molecular formula is C15H20N2O3S. The largest absolute Gasteiger partial charge is 0.478 e. The van der Waals surface area contributed by atoms with Crippen molar-refractivity contribution in [2.45, 2.75) is 20.3 Å². The lowest BCUT2D eigenvalue weighted by atomic mass is 10.0. The van der Waals surface area contributed by atoms with Crippen LogP contribution in [0.25, 0.3) is 10.8 Å². The summed E-state index contributed by atoms with van der Waals surface area (Å²) in [6.07, 6.45) is 0.570. The molecule has 0 bridgehead atoms. The molecule has 0 saturated heterocycles. The van der Waals surface area contributed by atoms with Gasteiger partial charge in [-0.05, 0) is 25.0 Å². The monoisotopic (exact) mass is 308 g/mol. The van der Waals surface area contributed by atoms with E-state index >= 15 is 0 Å². The second kappa shape index (κ2) is 6.32. The van der Waals surface area contributed by atoms with Gasteiger partial charge in [0.05, 0.1) is 11.4 Å². The quantitative estimate of drug-likeness (QED) is 0.804. The fourth-order valence-corrected chi connectivity index (χ4v) is 3.44. The van der Waals surface area contributed by atoms with Gasteiger partial charge in [0, 0.05) is 10.8 Å². The van der Waals surface area contributed by atoms with Gasteiger partial charge in [-0.3, -0.25) is 10.5 Å². The maximum atomic E-state index is 12.0. The van der Waals surface area contributed by atoms with E-state index in [0.717, 1.165) is 16.3 Å². The molecule has 0 fully saturated rings. The lowest BCUT2D eigenvalue weighted by molar-refractivity contribution is 0.331. The standard InChI is InChI=1S/C15H20N2O3S/c1-3-9-21(18,19)17-14-6-4-5-13-12(14)8-7-11(2)15(13)20-10-16/h4-8,17H,3,9-10,16H2,1-2H3. The van der Waals surface area contributed by atoms with Gasteiger partial charge in [0.25, 0.3) is 0 Å². The summed E-state index contributed by atoms with van der Waals surface area (Å²) in [6, 6.07) is 9.22. The third-order valence-corrected chi connectivity index (χ3v) is 4.65. The summed E-state index contributed by atoms with van der Waals surface area (Å²) >= 11 is 0. The minimum absolute atomic E-state index is 0.0751. The smallest absolute Gasteiger partial charge is 0.232 e. The summed E-state index contributed by atoms with van der Waals surface area (Å²) < 4.78 is 32.0. The number of hydrogen-bond donors (Lipinski definition) is 2. The Bertz CT molecular complexity index is 742. The van der Waals surface area contributed by atoms with Crippen LogP contribution < -0.4 is 15.2 Å². The third kappa shape index (κ3) is 3.46. The molecule has 2 aromatic carbocycles. The minimum Gasteiger partial charge on any atom is -0.478 e. The third-order valence-electron chi connectivity index (χ3n) is 3.17. The first kappa shape index (κ1) is 15.6. The van der Waals surface area contributed by atoms with E-state index in [1.54, 1.807) is 12.1 Å². The first-order valence-electron chi connectivity index (χ1n) is 6.84.